The second-order valence-corrected chi connectivity index (χ2v) is 6.12. The van der Waals surface area contributed by atoms with E-state index in [2.05, 4.69) is 0 Å². The molecule has 0 radical (unpaired) electrons. The van der Waals surface area contributed by atoms with E-state index in [0.717, 1.165) is 5.57 Å². The van der Waals surface area contributed by atoms with E-state index in [4.69, 9.17) is 0 Å². The lowest BCUT2D eigenvalue weighted by Crippen LogP contribution is -2.34. The summed E-state index contributed by atoms with van der Waals surface area (Å²) in [7, 11) is 0. The summed E-state index contributed by atoms with van der Waals surface area (Å²) in [6, 6.07) is 0. The first kappa shape index (κ1) is 18.1. The Morgan fingerprint density at radius 2 is 1.95 bits per heavy atom. The third-order valence-electron chi connectivity index (χ3n) is 4.22. The molecule has 0 aromatic carbocycles. The largest absolute Gasteiger partial charge is 0.481 e. The van der Waals surface area contributed by atoms with Crippen LogP contribution in [-0.2, 0) is 14.4 Å². The van der Waals surface area contributed by atoms with Crippen LogP contribution in [0, 0.1) is 5.41 Å². The standard InChI is InChI=1S/C18H24O4/c1-12(6-5-7-13(2)19)8-9-15-14(3)16(20)10-11-18(15,4)17(21)22/h6,8-9H,5,7,10-11H2,1-4H3,(H,21,22)/b9-8+,12-6+. The van der Waals surface area contributed by atoms with Crippen LogP contribution in [0.1, 0.15) is 53.4 Å². The highest BCUT2D eigenvalue weighted by atomic mass is 16.4. The number of carboxylic acid groups (broad SMARTS) is 1. The number of aliphatic carboxylic acids is 1. The molecule has 1 N–H and O–H groups in total. The summed E-state index contributed by atoms with van der Waals surface area (Å²) >= 11 is 0. The maximum absolute atomic E-state index is 11.9. The molecule has 1 atom stereocenters. The number of hydrogen-bond donors (Lipinski definition) is 1. The second kappa shape index (κ2) is 7.34. The lowest BCUT2D eigenvalue weighted by Gasteiger charge is -2.31. The number of hydrogen-bond acceptors (Lipinski definition) is 3. The molecular formula is C18H24O4. The van der Waals surface area contributed by atoms with Gasteiger partial charge in [0.05, 0.1) is 5.41 Å². The van der Waals surface area contributed by atoms with E-state index in [1.165, 1.54) is 0 Å². The van der Waals surface area contributed by atoms with Crippen LogP contribution in [0.4, 0.5) is 0 Å². The van der Waals surface area contributed by atoms with Gasteiger partial charge in [0, 0.05) is 12.8 Å². The molecule has 0 aromatic rings. The zero-order valence-electron chi connectivity index (χ0n) is 13.7. The molecular weight excluding hydrogens is 280 g/mol. The molecule has 0 saturated carbocycles. The van der Waals surface area contributed by atoms with Crippen molar-refractivity contribution in [1.29, 1.82) is 0 Å². The molecule has 1 aliphatic rings. The van der Waals surface area contributed by atoms with Gasteiger partial charge in [-0.1, -0.05) is 23.8 Å². The minimum Gasteiger partial charge on any atom is -0.481 e. The van der Waals surface area contributed by atoms with Crippen LogP contribution in [0.15, 0.2) is 34.9 Å². The monoisotopic (exact) mass is 304 g/mol. The molecule has 0 bridgehead atoms. The van der Waals surface area contributed by atoms with Crippen molar-refractivity contribution in [1.82, 2.24) is 0 Å². The molecule has 1 aliphatic carbocycles. The van der Waals surface area contributed by atoms with Gasteiger partial charge in [-0.25, -0.2) is 0 Å². The average molecular weight is 304 g/mol. The van der Waals surface area contributed by atoms with Crippen LogP contribution in [0.3, 0.4) is 0 Å². The summed E-state index contributed by atoms with van der Waals surface area (Å²) in [4.78, 5) is 34.4. The van der Waals surface area contributed by atoms with Gasteiger partial charge in [0.1, 0.15) is 5.78 Å². The van der Waals surface area contributed by atoms with E-state index in [9.17, 15) is 19.5 Å². The number of rotatable bonds is 6. The fourth-order valence-electron chi connectivity index (χ4n) is 2.57. The van der Waals surface area contributed by atoms with Crippen LogP contribution in [0.2, 0.25) is 0 Å². The van der Waals surface area contributed by atoms with Crippen LogP contribution in [0.25, 0.3) is 0 Å². The predicted octanol–water partition coefficient (Wildman–Crippen LogP) is 3.63. The average Bonchev–Trinajstić information content (AvgIpc) is 2.42. The summed E-state index contributed by atoms with van der Waals surface area (Å²) in [5.74, 6) is -0.753. The van der Waals surface area contributed by atoms with Crippen molar-refractivity contribution in [2.45, 2.75) is 53.4 Å². The van der Waals surface area contributed by atoms with E-state index >= 15 is 0 Å². The Bertz CT molecular complexity index is 578. The molecule has 1 unspecified atom stereocenters. The normalized spacial score (nSPS) is 23.3. The number of Topliss-reactive ketones (excluding diaryl/α,β-unsaturated/α-hetero) is 2. The van der Waals surface area contributed by atoms with Crippen LogP contribution >= 0.6 is 0 Å². The first-order chi connectivity index (χ1) is 10.2. The fraction of sp³-hybridized carbons (Fsp3) is 0.500. The third-order valence-corrected chi connectivity index (χ3v) is 4.22. The van der Waals surface area contributed by atoms with Crippen molar-refractivity contribution in [3.05, 3.63) is 34.9 Å². The van der Waals surface area contributed by atoms with E-state index in [0.29, 0.717) is 30.4 Å². The van der Waals surface area contributed by atoms with Crippen LogP contribution in [0.5, 0.6) is 0 Å². The topological polar surface area (TPSA) is 71.4 Å². The maximum atomic E-state index is 11.9. The fourth-order valence-corrected chi connectivity index (χ4v) is 2.57. The molecule has 0 amide bonds. The smallest absolute Gasteiger partial charge is 0.313 e. The number of allylic oxidation sites excluding steroid dienone is 5. The van der Waals surface area contributed by atoms with Gasteiger partial charge in [0.25, 0.3) is 0 Å². The molecule has 0 fully saturated rings. The van der Waals surface area contributed by atoms with Gasteiger partial charge >= 0.3 is 5.97 Å². The Morgan fingerprint density at radius 1 is 1.32 bits per heavy atom. The lowest BCUT2D eigenvalue weighted by atomic mass is 9.70. The van der Waals surface area contributed by atoms with Gasteiger partial charge in [-0.05, 0) is 51.7 Å². The van der Waals surface area contributed by atoms with E-state index in [1.807, 2.05) is 19.1 Å². The molecule has 22 heavy (non-hydrogen) atoms. The van der Waals surface area contributed by atoms with E-state index < -0.39 is 11.4 Å². The highest BCUT2D eigenvalue weighted by Crippen LogP contribution is 2.40. The Morgan fingerprint density at radius 3 is 2.50 bits per heavy atom. The van der Waals surface area contributed by atoms with E-state index in [-0.39, 0.29) is 18.0 Å². The van der Waals surface area contributed by atoms with Crippen molar-refractivity contribution >= 4 is 17.5 Å². The molecule has 1 rings (SSSR count). The molecule has 0 spiro atoms. The van der Waals surface area contributed by atoms with Gasteiger partial charge < -0.3 is 9.90 Å². The van der Waals surface area contributed by atoms with Gasteiger partial charge in [-0.2, -0.15) is 0 Å². The third kappa shape index (κ3) is 4.26. The summed E-state index contributed by atoms with van der Waals surface area (Å²) in [5.41, 5.74) is 1.04. The Balaban J connectivity index is 3.02. The quantitative estimate of drug-likeness (QED) is 0.761. The summed E-state index contributed by atoms with van der Waals surface area (Å²) in [6.07, 6.45) is 7.26. The van der Waals surface area contributed by atoms with Gasteiger partial charge in [0.15, 0.2) is 5.78 Å². The van der Waals surface area contributed by atoms with Crippen molar-refractivity contribution in [3.8, 4) is 0 Å². The number of carbonyl (C=O) groups is 3. The first-order valence-electron chi connectivity index (χ1n) is 7.50. The SMILES string of the molecule is CC(=O)CC/C=C(C)/C=C/C1=C(C)C(=O)CCC1(C)C(=O)O. The minimum atomic E-state index is -1.02. The molecule has 0 heterocycles. The second-order valence-electron chi connectivity index (χ2n) is 6.12. The Kier molecular flexibility index (Phi) is 6.03. The number of ketones is 2. The molecule has 0 aromatic heterocycles. The van der Waals surface area contributed by atoms with Crippen molar-refractivity contribution in [2.24, 2.45) is 5.41 Å². The maximum Gasteiger partial charge on any atom is 0.313 e. The zero-order valence-corrected chi connectivity index (χ0v) is 13.7. The molecule has 0 saturated heterocycles. The lowest BCUT2D eigenvalue weighted by molar-refractivity contribution is -0.146. The highest BCUT2D eigenvalue weighted by molar-refractivity contribution is 6.00. The Hall–Kier alpha value is -1.97. The van der Waals surface area contributed by atoms with E-state index in [1.54, 1.807) is 26.8 Å². The van der Waals surface area contributed by atoms with Gasteiger partial charge in [-0.15, -0.1) is 0 Å². The van der Waals surface area contributed by atoms with Gasteiger partial charge in [-0.3, -0.25) is 9.59 Å². The Labute approximate surface area is 131 Å². The van der Waals surface area contributed by atoms with Crippen LogP contribution < -0.4 is 0 Å². The van der Waals surface area contributed by atoms with Crippen molar-refractivity contribution in [2.75, 3.05) is 0 Å². The molecule has 120 valence electrons. The van der Waals surface area contributed by atoms with Crippen molar-refractivity contribution < 1.29 is 19.5 Å². The zero-order chi connectivity index (χ0) is 16.9. The summed E-state index contributed by atoms with van der Waals surface area (Å²) in [6.45, 7) is 6.81. The molecule has 0 aliphatic heterocycles. The number of carbonyl (C=O) groups excluding carboxylic acids is 2. The van der Waals surface area contributed by atoms with Gasteiger partial charge in [0.2, 0.25) is 0 Å². The molecule has 4 heteroatoms. The molecule has 4 nitrogen and oxygen atoms in total. The first-order valence-corrected chi connectivity index (χ1v) is 7.50. The predicted molar refractivity (Wildman–Crippen MR) is 85.5 cm³/mol. The van der Waals surface area contributed by atoms with Crippen molar-refractivity contribution in [3.63, 3.8) is 0 Å². The van der Waals surface area contributed by atoms with Crippen LogP contribution in [-0.4, -0.2) is 22.6 Å². The number of carboxylic acids is 1. The summed E-state index contributed by atoms with van der Waals surface area (Å²) in [5, 5.41) is 9.51. The summed E-state index contributed by atoms with van der Waals surface area (Å²) < 4.78 is 0. The highest BCUT2D eigenvalue weighted by Gasteiger charge is 2.41. The minimum absolute atomic E-state index is 0.0107.